The molecule has 282 valence electrons. The van der Waals surface area contributed by atoms with Gasteiger partial charge in [0.15, 0.2) is 0 Å². The molecular formula is C57H38N2O. The van der Waals surface area contributed by atoms with Crippen LogP contribution in [0.15, 0.2) is 217 Å². The number of para-hydroxylation sites is 2. The molecule has 0 saturated carbocycles. The average molecular weight is 767 g/mol. The van der Waals surface area contributed by atoms with Crippen molar-refractivity contribution in [1.29, 1.82) is 0 Å². The molecule has 0 radical (unpaired) electrons. The average Bonchev–Trinajstić information content (AvgIpc) is 3.84. The number of furan rings is 1. The Kier molecular flexibility index (Phi) is 7.66. The van der Waals surface area contributed by atoms with Crippen molar-refractivity contribution in [1.82, 2.24) is 4.98 Å². The number of aromatic nitrogens is 1. The van der Waals surface area contributed by atoms with Gasteiger partial charge in [0.05, 0.1) is 16.6 Å². The van der Waals surface area contributed by atoms with Crippen molar-refractivity contribution < 1.29 is 4.42 Å². The van der Waals surface area contributed by atoms with Crippen LogP contribution in [-0.4, -0.2) is 4.98 Å². The lowest BCUT2D eigenvalue weighted by atomic mass is 9.67. The summed E-state index contributed by atoms with van der Waals surface area (Å²) in [5.41, 5.74) is 16.3. The van der Waals surface area contributed by atoms with E-state index in [0.717, 1.165) is 71.9 Å². The second-order valence-electron chi connectivity index (χ2n) is 15.9. The predicted molar refractivity (Wildman–Crippen MR) is 249 cm³/mol. The summed E-state index contributed by atoms with van der Waals surface area (Å²) < 4.78 is 6.61. The molecule has 3 nitrogen and oxygen atoms in total. The molecule has 12 rings (SSSR count). The Bertz CT molecular complexity index is 3380. The molecule has 0 unspecified atom stereocenters. The fourth-order valence-electron chi connectivity index (χ4n) is 9.92. The number of nitrogens with zero attached hydrogens (tertiary/aromatic N) is 2. The highest BCUT2D eigenvalue weighted by molar-refractivity contribution is 6.24. The van der Waals surface area contributed by atoms with Crippen molar-refractivity contribution in [3.63, 3.8) is 0 Å². The highest BCUT2D eigenvalue weighted by Gasteiger charge is 2.46. The van der Waals surface area contributed by atoms with Gasteiger partial charge in [-0.1, -0.05) is 163 Å². The number of hydrogen-bond donors (Lipinski definition) is 0. The lowest BCUT2D eigenvalue weighted by Gasteiger charge is -2.35. The molecule has 0 saturated heterocycles. The van der Waals surface area contributed by atoms with Gasteiger partial charge in [0.1, 0.15) is 11.2 Å². The fraction of sp³-hybridized carbons (Fsp3) is 0.0351. The minimum absolute atomic E-state index is 0.499. The van der Waals surface area contributed by atoms with Crippen LogP contribution in [0.4, 0.5) is 17.1 Å². The number of pyridine rings is 1. The molecule has 0 spiro atoms. The van der Waals surface area contributed by atoms with Crippen LogP contribution < -0.4 is 4.90 Å². The van der Waals surface area contributed by atoms with E-state index >= 15 is 0 Å². The summed E-state index contributed by atoms with van der Waals surface area (Å²) in [5.74, 6) is 0. The van der Waals surface area contributed by atoms with Gasteiger partial charge >= 0.3 is 0 Å². The van der Waals surface area contributed by atoms with Gasteiger partial charge in [0, 0.05) is 49.6 Å². The first-order valence-electron chi connectivity index (χ1n) is 20.6. The number of rotatable bonds is 6. The highest BCUT2D eigenvalue weighted by Crippen LogP contribution is 2.57. The van der Waals surface area contributed by atoms with Crippen LogP contribution in [0.5, 0.6) is 0 Å². The van der Waals surface area contributed by atoms with Crippen LogP contribution in [-0.2, 0) is 5.41 Å². The monoisotopic (exact) mass is 766 g/mol. The van der Waals surface area contributed by atoms with Gasteiger partial charge in [-0.15, -0.1) is 0 Å². The summed E-state index contributed by atoms with van der Waals surface area (Å²) in [4.78, 5) is 7.70. The van der Waals surface area contributed by atoms with E-state index in [1.54, 1.807) is 0 Å². The number of anilines is 3. The van der Waals surface area contributed by atoms with Crippen molar-refractivity contribution in [3.8, 4) is 22.4 Å². The molecule has 0 aliphatic heterocycles. The maximum Gasteiger partial charge on any atom is 0.144 e. The van der Waals surface area contributed by atoms with E-state index in [0.29, 0.717) is 0 Å². The first kappa shape index (κ1) is 34.3. The Morgan fingerprint density at radius 1 is 0.450 bits per heavy atom. The van der Waals surface area contributed by atoms with Crippen molar-refractivity contribution in [2.24, 2.45) is 0 Å². The zero-order valence-electron chi connectivity index (χ0n) is 33.0. The van der Waals surface area contributed by atoms with Crippen molar-refractivity contribution in [2.75, 3.05) is 4.90 Å². The molecule has 1 aliphatic carbocycles. The Balaban J connectivity index is 1.05. The zero-order chi connectivity index (χ0) is 39.8. The molecule has 0 fully saturated rings. The molecule has 11 aromatic rings. The van der Waals surface area contributed by atoms with Gasteiger partial charge < -0.3 is 9.32 Å². The number of aryl methyl sites for hydroxylation is 1. The topological polar surface area (TPSA) is 29.3 Å². The molecule has 9 aromatic carbocycles. The Morgan fingerprint density at radius 3 is 1.78 bits per heavy atom. The van der Waals surface area contributed by atoms with Gasteiger partial charge in [-0.2, -0.15) is 0 Å². The second kappa shape index (κ2) is 13.4. The van der Waals surface area contributed by atoms with Gasteiger partial charge in [-0.05, 0) is 94.9 Å². The second-order valence-corrected chi connectivity index (χ2v) is 15.9. The summed E-state index contributed by atoms with van der Waals surface area (Å²) in [6.07, 6.45) is 0. The first-order valence-corrected chi connectivity index (χ1v) is 20.6. The Hall–Kier alpha value is -7.75. The fourth-order valence-corrected chi connectivity index (χ4v) is 9.92. The van der Waals surface area contributed by atoms with Gasteiger partial charge in [-0.3, -0.25) is 0 Å². The summed E-state index contributed by atoms with van der Waals surface area (Å²) in [6.45, 7) is 2.14. The van der Waals surface area contributed by atoms with Gasteiger partial charge in [0.2, 0.25) is 0 Å². The summed E-state index contributed by atoms with van der Waals surface area (Å²) in [7, 11) is 0. The number of hydrogen-bond acceptors (Lipinski definition) is 3. The van der Waals surface area contributed by atoms with Crippen LogP contribution in [0, 0.1) is 6.92 Å². The largest absolute Gasteiger partial charge is 0.455 e. The molecule has 2 aromatic heterocycles. The molecule has 0 N–H and O–H groups in total. The van der Waals surface area contributed by atoms with E-state index in [4.69, 9.17) is 9.40 Å². The maximum atomic E-state index is 6.61. The van der Waals surface area contributed by atoms with Crippen LogP contribution in [0.25, 0.3) is 66.0 Å². The van der Waals surface area contributed by atoms with E-state index in [9.17, 15) is 0 Å². The standard InChI is InChI=1S/C57H38N2O/c1-37-24-28-41(29-25-37)59(43-32-33-45-44-18-8-11-21-50(44)57(51(45)36-43,39-14-4-2-5-15-39)40-16-6-3-7-17-40)42-30-26-38(27-31-42)55-49-35-34-47-46-19-10-13-23-53(46)60-56(47)54(49)48-20-9-12-22-52(48)58-55/h2-36H,1H3. The summed E-state index contributed by atoms with van der Waals surface area (Å²) in [5, 5.41) is 5.49. The van der Waals surface area contributed by atoms with Crippen LogP contribution in [0.3, 0.4) is 0 Å². The van der Waals surface area contributed by atoms with E-state index in [2.05, 4.69) is 212 Å². The summed E-state index contributed by atoms with van der Waals surface area (Å²) in [6, 6.07) is 76.9. The van der Waals surface area contributed by atoms with Crippen LogP contribution >= 0.6 is 0 Å². The van der Waals surface area contributed by atoms with E-state index in [-0.39, 0.29) is 0 Å². The van der Waals surface area contributed by atoms with Crippen molar-refractivity contribution in [3.05, 3.63) is 240 Å². The molecular weight excluding hydrogens is 729 g/mol. The molecule has 0 amide bonds. The SMILES string of the molecule is Cc1ccc(N(c2ccc(-c3nc4ccccc4c4c3ccc3c5ccccc5oc34)cc2)c2ccc3c(c2)C(c2ccccc2)(c2ccccc2)c2ccccc2-3)cc1. The molecule has 0 bridgehead atoms. The van der Waals surface area contributed by atoms with Crippen LogP contribution in [0.2, 0.25) is 0 Å². The van der Waals surface area contributed by atoms with E-state index in [1.807, 2.05) is 12.1 Å². The minimum Gasteiger partial charge on any atom is -0.455 e. The third-order valence-corrected chi connectivity index (χ3v) is 12.6. The van der Waals surface area contributed by atoms with E-state index < -0.39 is 5.41 Å². The van der Waals surface area contributed by atoms with Crippen LogP contribution in [0.1, 0.15) is 27.8 Å². The lowest BCUT2D eigenvalue weighted by Crippen LogP contribution is -2.28. The smallest absolute Gasteiger partial charge is 0.144 e. The number of benzene rings is 9. The molecule has 0 atom stereocenters. The quantitative estimate of drug-likeness (QED) is 0.158. The highest BCUT2D eigenvalue weighted by atomic mass is 16.3. The van der Waals surface area contributed by atoms with E-state index in [1.165, 1.54) is 38.9 Å². The number of fused-ring (bicyclic) bond motifs is 10. The third kappa shape index (κ3) is 5.06. The summed E-state index contributed by atoms with van der Waals surface area (Å²) >= 11 is 0. The molecule has 3 heteroatoms. The third-order valence-electron chi connectivity index (χ3n) is 12.6. The zero-order valence-corrected chi connectivity index (χ0v) is 33.0. The Labute approximate surface area is 348 Å². The predicted octanol–water partition coefficient (Wildman–Crippen LogP) is 15.1. The first-order chi connectivity index (χ1) is 29.7. The van der Waals surface area contributed by atoms with Gasteiger partial charge in [-0.25, -0.2) is 4.98 Å². The minimum atomic E-state index is -0.499. The molecule has 1 aliphatic rings. The van der Waals surface area contributed by atoms with Crippen molar-refractivity contribution in [2.45, 2.75) is 12.3 Å². The normalized spacial score (nSPS) is 12.9. The maximum absolute atomic E-state index is 6.61. The molecule has 2 heterocycles. The van der Waals surface area contributed by atoms with Crippen molar-refractivity contribution >= 4 is 60.7 Å². The van der Waals surface area contributed by atoms with Gasteiger partial charge in [0.25, 0.3) is 0 Å². The Morgan fingerprint density at radius 2 is 1.03 bits per heavy atom. The lowest BCUT2D eigenvalue weighted by molar-refractivity contribution is 0.673. The molecule has 60 heavy (non-hydrogen) atoms.